The zero-order valence-electron chi connectivity index (χ0n) is 16.3. The van der Waals surface area contributed by atoms with Gasteiger partial charge in [-0.2, -0.15) is 5.10 Å². The minimum Gasteiger partial charge on any atom is -0.360 e. The molecule has 1 aliphatic rings. The summed E-state index contributed by atoms with van der Waals surface area (Å²) in [4.78, 5) is 25.3. The van der Waals surface area contributed by atoms with E-state index in [2.05, 4.69) is 27.8 Å². The Labute approximate surface area is 158 Å². The fraction of sp³-hybridized carbons (Fsp3) is 0.579. The van der Waals surface area contributed by atoms with E-state index in [1.165, 1.54) is 0 Å². The summed E-state index contributed by atoms with van der Waals surface area (Å²) in [6.07, 6.45) is 4.27. The molecule has 0 fully saturated rings. The Kier molecular flexibility index (Phi) is 5.62. The van der Waals surface area contributed by atoms with E-state index in [0.717, 1.165) is 30.6 Å². The molecule has 27 heavy (non-hydrogen) atoms. The van der Waals surface area contributed by atoms with Crippen LogP contribution < -0.4 is 10.6 Å². The highest BCUT2D eigenvalue weighted by Crippen LogP contribution is 2.28. The number of aryl methyl sites for hydroxylation is 2. The molecule has 0 radical (unpaired) electrons. The monoisotopic (exact) mass is 373 g/mol. The molecule has 2 aromatic heterocycles. The van der Waals surface area contributed by atoms with E-state index in [9.17, 15) is 9.59 Å². The number of rotatable bonds is 6. The zero-order chi connectivity index (χ0) is 19.6. The van der Waals surface area contributed by atoms with Crippen LogP contribution in [-0.4, -0.2) is 33.3 Å². The van der Waals surface area contributed by atoms with Gasteiger partial charge in [0, 0.05) is 31.3 Å². The van der Waals surface area contributed by atoms with E-state index in [-0.39, 0.29) is 17.5 Å². The van der Waals surface area contributed by atoms with E-state index in [1.54, 1.807) is 10.9 Å². The van der Waals surface area contributed by atoms with Crippen LogP contribution >= 0.6 is 0 Å². The summed E-state index contributed by atoms with van der Waals surface area (Å²) in [6, 6.07) is 0. The van der Waals surface area contributed by atoms with Crippen LogP contribution in [0.25, 0.3) is 0 Å². The third kappa shape index (κ3) is 4.20. The maximum Gasteiger partial charge on any atom is 0.278 e. The lowest BCUT2D eigenvalue weighted by Gasteiger charge is -2.16. The molecule has 2 aromatic rings. The lowest BCUT2D eigenvalue weighted by Crippen LogP contribution is -2.29. The lowest BCUT2D eigenvalue weighted by molar-refractivity contribution is 0.0944. The SMILES string of the molecule is CCn1cc(NC(=O)c2noc3c2CC(C)CC3)c(C(=O)NCC(C)C)n1. The molecule has 3 rings (SSSR count). The smallest absolute Gasteiger partial charge is 0.278 e. The van der Waals surface area contributed by atoms with Crippen LogP contribution in [0.4, 0.5) is 5.69 Å². The Hall–Kier alpha value is -2.64. The summed E-state index contributed by atoms with van der Waals surface area (Å²) in [7, 11) is 0. The predicted octanol–water partition coefficient (Wildman–Crippen LogP) is 2.65. The van der Waals surface area contributed by atoms with Gasteiger partial charge in [-0.05, 0) is 31.6 Å². The molecular formula is C19H27N5O3. The molecule has 0 saturated carbocycles. The molecule has 0 aromatic carbocycles. The summed E-state index contributed by atoms with van der Waals surface area (Å²) >= 11 is 0. The topological polar surface area (TPSA) is 102 Å². The third-order valence-corrected chi connectivity index (χ3v) is 4.72. The molecule has 2 amide bonds. The normalized spacial score (nSPS) is 16.3. The summed E-state index contributed by atoms with van der Waals surface area (Å²) in [6.45, 7) is 9.24. The van der Waals surface area contributed by atoms with Gasteiger partial charge in [0.2, 0.25) is 0 Å². The van der Waals surface area contributed by atoms with Gasteiger partial charge in [0.15, 0.2) is 11.4 Å². The zero-order valence-corrected chi connectivity index (χ0v) is 16.3. The Morgan fingerprint density at radius 2 is 2.11 bits per heavy atom. The fourth-order valence-electron chi connectivity index (χ4n) is 3.16. The number of carbonyl (C=O) groups excluding carboxylic acids is 2. The standard InChI is InChI=1S/C19H27N5O3/c1-5-24-10-14(17(22-24)18(25)20-9-11(2)3)21-19(26)16-13-8-12(4)6-7-15(13)27-23-16/h10-12H,5-9H2,1-4H3,(H,20,25)(H,21,26). The van der Waals surface area contributed by atoms with Gasteiger partial charge in [0.25, 0.3) is 11.8 Å². The van der Waals surface area contributed by atoms with Crippen LogP contribution in [0.1, 0.15) is 66.4 Å². The van der Waals surface area contributed by atoms with Gasteiger partial charge >= 0.3 is 0 Å². The van der Waals surface area contributed by atoms with Crippen molar-refractivity contribution >= 4 is 17.5 Å². The first-order valence-corrected chi connectivity index (χ1v) is 9.53. The van der Waals surface area contributed by atoms with E-state index in [1.807, 2.05) is 20.8 Å². The molecular weight excluding hydrogens is 346 g/mol. The fourth-order valence-corrected chi connectivity index (χ4v) is 3.16. The van der Waals surface area contributed by atoms with Crippen LogP contribution in [0, 0.1) is 11.8 Å². The average Bonchev–Trinajstić information content (AvgIpc) is 3.23. The number of aromatic nitrogens is 3. The summed E-state index contributed by atoms with van der Waals surface area (Å²) in [5.41, 5.74) is 1.76. The van der Waals surface area contributed by atoms with Crippen LogP contribution in [0.5, 0.6) is 0 Å². The van der Waals surface area contributed by atoms with Gasteiger partial charge in [-0.3, -0.25) is 14.3 Å². The molecule has 0 spiro atoms. The first-order chi connectivity index (χ1) is 12.9. The molecule has 1 atom stereocenters. The number of anilines is 1. The Balaban J connectivity index is 1.81. The lowest BCUT2D eigenvalue weighted by atomic mass is 9.88. The Bertz CT molecular complexity index is 837. The van der Waals surface area contributed by atoms with Gasteiger partial charge in [-0.15, -0.1) is 0 Å². The first kappa shape index (κ1) is 19.1. The minimum absolute atomic E-state index is 0.205. The maximum atomic E-state index is 12.8. The number of hydrogen-bond acceptors (Lipinski definition) is 5. The second kappa shape index (κ2) is 7.94. The van der Waals surface area contributed by atoms with Crippen molar-refractivity contribution in [1.82, 2.24) is 20.3 Å². The molecule has 1 aliphatic carbocycles. The van der Waals surface area contributed by atoms with Gasteiger partial charge in [0.1, 0.15) is 5.76 Å². The average molecular weight is 373 g/mol. The number of amides is 2. The van der Waals surface area contributed by atoms with Crippen molar-refractivity contribution in [3.63, 3.8) is 0 Å². The summed E-state index contributed by atoms with van der Waals surface area (Å²) in [5.74, 6) is 0.926. The minimum atomic E-state index is -0.373. The molecule has 146 valence electrons. The van der Waals surface area contributed by atoms with Crippen LogP contribution in [0.15, 0.2) is 10.7 Å². The number of fused-ring (bicyclic) bond motifs is 1. The highest BCUT2D eigenvalue weighted by molar-refractivity contribution is 6.08. The highest BCUT2D eigenvalue weighted by atomic mass is 16.5. The summed E-state index contributed by atoms with van der Waals surface area (Å²) < 4.78 is 6.98. The molecule has 0 aliphatic heterocycles. The Morgan fingerprint density at radius 3 is 2.81 bits per heavy atom. The van der Waals surface area contributed by atoms with Crippen LogP contribution in [0.3, 0.4) is 0 Å². The molecule has 8 heteroatoms. The van der Waals surface area contributed by atoms with Crippen LogP contribution in [-0.2, 0) is 19.4 Å². The van der Waals surface area contributed by atoms with E-state index >= 15 is 0 Å². The molecule has 1 unspecified atom stereocenters. The maximum absolute atomic E-state index is 12.8. The predicted molar refractivity (Wildman–Crippen MR) is 101 cm³/mol. The van der Waals surface area contributed by atoms with Gasteiger partial charge in [-0.25, -0.2) is 0 Å². The second-order valence-electron chi connectivity index (χ2n) is 7.59. The second-order valence-corrected chi connectivity index (χ2v) is 7.59. The van der Waals surface area contributed by atoms with E-state index in [0.29, 0.717) is 36.3 Å². The van der Waals surface area contributed by atoms with E-state index in [4.69, 9.17) is 4.52 Å². The van der Waals surface area contributed by atoms with Crippen molar-refractivity contribution in [2.24, 2.45) is 11.8 Å². The quantitative estimate of drug-likeness (QED) is 0.810. The number of hydrogen-bond donors (Lipinski definition) is 2. The van der Waals surface area contributed by atoms with Gasteiger partial charge in [0.05, 0.1) is 5.69 Å². The number of nitrogens with zero attached hydrogens (tertiary/aromatic N) is 3. The molecule has 0 bridgehead atoms. The molecule has 0 saturated heterocycles. The van der Waals surface area contributed by atoms with E-state index < -0.39 is 0 Å². The van der Waals surface area contributed by atoms with Crippen molar-refractivity contribution in [2.45, 2.75) is 53.5 Å². The van der Waals surface area contributed by atoms with Crippen molar-refractivity contribution in [2.75, 3.05) is 11.9 Å². The Morgan fingerprint density at radius 1 is 1.33 bits per heavy atom. The molecule has 2 N–H and O–H groups in total. The summed E-state index contributed by atoms with van der Waals surface area (Å²) in [5, 5.41) is 13.9. The first-order valence-electron chi connectivity index (χ1n) is 9.53. The largest absolute Gasteiger partial charge is 0.360 e. The third-order valence-electron chi connectivity index (χ3n) is 4.72. The van der Waals surface area contributed by atoms with Crippen molar-refractivity contribution in [3.05, 3.63) is 28.9 Å². The van der Waals surface area contributed by atoms with Crippen molar-refractivity contribution < 1.29 is 14.1 Å². The highest BCUT2D eigenvalue weighted by Gasteiger charge is 2.28. The number of nitrogens with one attached hydrogen (secondary N) is 2. The van der Waals surface area contributed by atoms with Gasteiger partial charge in [-0.1, -0.05) is 25.9 Å². The number of carbonyl (C=O) groups is 2. The molecule has 8 nitrogen and oxygen atoms in total. The van der Waals surface area contributed by atoms with Crippen molar-refractivity contribution in [1.29, 1.82) is 0 Å². The van der Waals surface area contributed by atoms with Gasteiger partial charge < -0.3 is 15.2 Å². The molecule has 2 heterocycles. The van der Waals surface area contributed by atoms with Crippen LogP contribution in [0.2, 0.25) is 0 Å². The van der Waals surface area contributed by atoms with Crippen molar-refractivity contribution in [3.8, 4) is 0 Å².